The van der Waals surface area contributed by atoms with Crippen molar-refractivity contribution in [1.82, 2.24) is 4.90 Å². The first-order valence-electron chi connectivity index (χ1n) is 12.7. The van der Waals surface area contributed by atoms with Crippen LogP contribution in [0.1, 0.15) is 67.3 Å². The van der Waals surface area contributed by atoms with Gasteiger partial charge in [0.25, 0.3) is 5.91 Å². The molecule has 4 rings (SSSR count). The zero-order valence-corrected chi connectivity index (χ0v) is 23.2. The van der Waals surface area contributed by atoms with E-state index in [4.69, 9.17) is 16.3 Å². The van der Waals surface area contributed by atoms with Crippen molar-refractivity contribution in [2.75, 3.05) is 17.2 Å². The van der Waals surface area contributed by atoms with Gasteiger partial charge in [-0.15, -0.1) is 11.3 Å². The number of carboxylic acids is 1. The molecule has 0 radical (unpaired) electrons. The number of benzene rings is 1. The van der Waals surface area contributed by atoms with Crippen molar-refractivity contribution in [2.45, 2.75) is 65.0 Å². The van der Waals surface area contributed by atoms with E-state index in [2.05, 4.69) is 10.6 Å². The number of amides is 3. The number of anilines is 2. The maximum absolute atomic E-state index is 13.5. The molecule has 9 nitrogen and oxygen atoms in total. The van der Waals surface area contributed by atoms with E-state index in [1.54, 1.807) is 49.9 Å². The monoisotopic (exact) mass is 561 g/mol. The summed E-state index contributed by atoms with van der Waals surface area (Å²) < 4.78 is 5.52. The first-order chi connectivity index (χ1) is 17.9. The van der Waals surface area contributed by atoms with Crippen LogP contribution in [0.15, 0.2) is 24.3 Å². The quantitative estimate of drug-likeness (QED) is 0.425. The zero-order valence-electron chi connectivity index (χ0n) is 21.6. The van der Waals surface area contributed by atoms with Crippen LogP contribution >= 0.6 is 22.9 Å². The third kappa shape index (κ3) is 6.47. The molecule has 2 unspecified atom stereocenters. The molecule has 1 saturated carbocycles. The van der Waals surface area contributed by atoms with Gasteiger partial charge in [0.2, 0.25) is 5.91 Å². The maximum Gasteiger partial charge on any atom is 0.410 e. The fourth-order valence-electron chi connectivity index (χ4n) is 4.89. The van der Waals surface area contributed by atoms with Crippen LogP contribution in [-0.2, 0) is 27.3 Å². The number of nitrogens with zero attached hydrogens (tertiary/aromatic N) is 1. The lowest BCUT2D eigenvalue weighted by molar-refractivity contribution is -0.147. The first-order valence-corrected chi connectivity index (χ1v) is 13.9. The van der Waals surface area contributed by atoms with Gasteiger partial charge in [-0.05, 0) is 69.9 Å². The highest BCUT2D eigenvalue weighted by Crippen LogP contribution is 2.39. The maximum atomic E-state index is 13.5. The van der Waals surface area contributed by atoms with Gasteiger partial charge in [-0.1, -0.05) is 24.4 Å². The fourth-order valence-corrected chi connectivity index (χ4v) is 6.28. The molecular formula is C27H32ClN3O6S. The van der Waals surface area contributed by atoms with Gasteiger partial charge in [0.15, 0.2) is 0 Å². The number of thiophene rings is 1. The molecule has 1 aromatic carbocycles. The molecule has 0 bridgehead atoms. The van der Waals surface area contributed by atoms with Crippen molar-refractivity contribution in [3.05, 3.63) is 45.3 Å². The number of fused-ring (bicyclic) bond motifs is 1. The molecule has 3 amide bonds. The Kier molecular flexibility index (Phi) is 8.32. The average Bonchev–Trinajstić information content (AvgIpc) is 3.21. The van der Waals surface area contributed by atoms with Crippen LogP contribution < -0.4 is 10.6 Å². The highest BCUT2D eigenvalue weighted by Gasteiger charge is 2.37. The highest BCUT2D eigenvalue weighted by molar-refractivity contribution is 7.17. The van der Waals surface area contributed by atoms with Crippen molar-refractivity contribution < 1.29 is 29.0 Å². The zero-order chi connectivity index (χ0) is 27.6. The smallest absolute Gasteiger partial charge is 0.410 e. The summed E-state index contributed by atoms with van der Waals surface area (Å²) in [5, 5.41) is 16.3. The SMILES string of the molecule is CC(C)(C)OC(=O)N1CCc2c(sc(NC(=O)C3CCCCC3C(=O)O)c2C(=O)Nc2ccc(Cl)cc2)C1. The Labute approximate surface area is 230 Å². The van der Waals surface area contributed by atoms with Crippen molar-refractivity contribution in [1.29, 1.82) is 0 Å². The molecule has 2 aromatic rings. The highest BCUT2D eigenvalue weighted by atomic mass is 35.5. The van der Waals surface area contributed by atoms with Gasteiger partial charge in [-0.2, -0.15) is 0 Å². The fraction of sp³-hybridized carbons (Fsp3) is 0.481. The van der Waals surface area contributed by atoms with Crippen LogP contribution in [-0.4, -0.2) is 46.0 Å². The molecule has 1 aliphatic carbocycles. The number of carbonyl (C=O) groups is 4. The average molecular weight is 562 g/mol. The van der Waals surface area contributed by atoms with Gasteiger partial charge in [0, 0.05) is 22.1 Å². The van der Waals surface area contributed by atoms with E-state index in [-0.39, 0.29) is 6.54 Å². The van der Waals surface area contributed by atoms with Crippen LogP contribution in [0.2, 0.25) is 5.02 Å². The molecule has 1 aliphatic heterocycles. The normalized spacial score (nSPS) is 19.3. The van der Waals surface area contributed by atoms with Crippen molar-refractivity contribution in [2.24, 2.45) is 11.8 Å². The molecule has 0 saturated heterocycles. The Hall–Kier alpha value is -3.11. The lowest BCUT2D eigenvalue weighted by Gasteiger charge is -2.30. The molecule has 3 N–H and O–H groups in total. The third-order valence-electron chi connectivity index (χ3n) is 6.69. The van der Waals surface area contributed by atoms with Gasteiger partial charge >= 0.3 is 12.1 Å². The number of rotatable bonds is 5. The number of carbonyl (C=O) groups excluding carboxylic acids is 3. The predicted molar refractivity (Wildman–Crippen MR) is 146 cm³/mol. The molecule has 2 heterocycles. The lowest BCUT2D eigenvalue weighted by atomic mass is 9.78. The van der Waals surface area contributed by atoms with E-state index in [0.717, 1.165) is 23.3 Å². The molecule has 38 heavy (non-hydrogen) atoms. The van der Waals surface area contributed by atoms with Crippen LogP contribution in [0.25, 0.3) is 0 Å². The largest absolute Gasteiger partial charge is 0.481 e. The third-order valence-corrected chi connectivity index (χ3v) is 8.08. The lowest BCUT2D eigenvalue weighted by Crippen LogP contribution is -2.39. The Morgan fingerprint density at radius 1 is 1.05 bits per heavy atom. The summed E-state index contributed by atoms with van der Waals surface area (Å²) in [5.74, 6) is -3.22. The van der Waals surface area contributed by atoms with E-state index in [0.29, 0.717) is 47.1 Å². The molecule has 11 heteroatoms. The van der Waals surface area contributed by atoms with E-state index >= 15 is 0 Å². The predicted octanol–water partition coefficient (Wildman–Crippen LogP) is 5.78. The number of aliphatic carboxylic acids is 1. The van der Waals surface area contributed by atoms with E-state index < -0.39 is 41.3 Å². The summed E-state index contributed by atoms with van der Waals surface area (Å²) >= 11 is 7.20. The first kappa shape index (κ1) is 27.9. The van der Waals surface area contributed by atoms with Gasteiger partial charge in [-0.25, -0.2) is 4.79 Å². The standard InChI is InChI=1S/C27H32ClN3O6S/c1-27(2,3)37-26(36)31-13-12-19-20(14-31)38-24(21(19)23(33)29-16-10-8-15(28)9-11-16)30-22(32)17-6-4-5-7-18(17)25(34)35/h8-11,17-18H,4-7,12-14H2,1-3H3,(H,29,33)(H,30,32)(H,34,35). The number of hydrogen-bond donors (Lipinski definition) is 3. The van der Waals surface area contributed by atoms with E-state index in [9.17, 15) is 24.3 Å². The van der Waals surface area contributed by atoms with Crippen LogP contribution in [0.4, 0.5) is 15.5 Å². The molecule has 0 spiro atoms. The summed E-state index contributed by atoms with van der Waals surface area (Å²) in [4.78, 5) is 53.6. The molecule has 1 fully saturated rings. The number of hydrogen-bond acceptors (Lipinski definition) is 6. The minimum absolute atomic E-state index is 0.243. The molecular weight excluding hydrogens is 530 g/mol. The minimum atomic E-state index is -0.982. The van der Waals surface area contributed by atoms with Crippen molar-refractivity contribution >= 4 is 57.5 Å². The topological polar surface area (TPSA) is 125 Å². The Morgan fingerprint density at radius 2 is 1.71 bits per heavy atom. The van der Waals surface area contributed by atoms with Crippen molar-refractivity contribution in [3.63, 3.8) is 0 Å². The summed E-state index contributed by atoms with van der Waals surface area (Å²) in [6.45, 7) is 6.00. The van der Waals surface area contributed by atoms with E-state index in [1.807, 2.05) is 0 Å². The Balaban J connectivity index is 1.63. The van der Waals surface area contributed by atoms with Crippen LogP contribution in [0.5, 0.6) is 0 Å². The second kappa shape index (κ2) is 11.3. The van der Waals surface area contributed by atoms with Crippen LogP contribution in [0, 0.1) is 11.8 Å². The van der Waals surface area contributed by atoms with Crippen LogP contribution in [0.3, 0.4) is 0 Å². The van der Waals surface area contributed by atoms with Gasteiger partial charge in [0.05, 0.1) is 23.9 Å². The minimum Gasteiger partial charge on any atom is -0.481 e. The van der Waals surface area contributed by atoms with Gasteiger partial charge in [-0.3, -0.25) is 14.4 Å². The molecule has 204 valence electrons. The molecule has 1 aromatic heterocycles. The second-order valence-electron chi connectivity index (χ2n) is 10.6. The summed E-state index contributed by atoms with van der Waals surface area (Å²) in [5.41, 5.74) is 0.992. The summed E-state index contributed by atoms with van der Waals surface area (Å²) in [7, 11) is 0. The van der Waals surface area contributed by atoms with Gasteiger partial charge < -0.3 is 25.4 Å². The van der Waals surface area contributed by atoms with Crippen molar-refractivity contribution in [3.8, 4) is 0 Å². The summed E-state index contributed by atoms with van der Waals surface area (Å²) in [6, 6.07) is 6.69. The number of halogens is 1. The molecule has 2 atom stereocenters. The number of ether oxygens (including phenoxy) is 1. The molecule has 2 aliphatic rings. The number of carboxylic acid groups (broad SMARTS) is 1. The van der Waals surface area contributed by atoms with Gasteiger partial charge in [0.1, 0.15) is 10.6 Å². The van der Waals surface area contributed by atoms with E-state index in [1.165, 1.54) is 11.3 Å². The second-order valence-corrected chi connectivity index (χ2v) is 12.2. The Bertz CT molecular complexity index is 1240. The number of nitrogens with one attached hydrogen (secondary N) is 2. The summed E-state index contributed by atoms with van der Waals surface area (Å²) in [6.07, 6.45) is 2.43. The Morgan fingerprint density at radius 3 is 2.34 bits per heavy atom.